The fraction of sp³-hybridized carbons (Fsp3) is 0.458. The van der Waals surface area contributed by atoms with Crippen LogP contribution in [-0.2, 0) is 5.41 Å². The molecule has 2 aliphatic rings. The topological polar surface area (TPSA) is 29.5 Å². The van der Waals surface area contributed by atoms with E-state index < -0.39 is 0 Å². The summed E-state index contributed by atoms with van der Waals surface area (Å²) >= 11 is 0. The van der Waals surface area contributed by atoms with Crippen LogP contribution in [-0.4, -0.2) is 36.9 Å². The molecule has 29 heavy (non-hydrogen) atoms. The summed E-state index contributed by atoms with van der Waals surface area (Å²) in [6.45, 7) is 2.01. The molecule has 2 atom stereocenters. The largest absolute Gasteiger partial charge is 0.497 e. The van der Waals surface area contributed by atoms with Crippen LogP contribution in [0.2, 0.25) is 0 Å². The Hall–Kier alpha value is -1.91. The van der Waals surface area contributed by atoms with Crippen molar-refractivity contribution in [2.24, 2.45) is 0 Å². The molecule has 0 aromatic heterocycles. The second kappa shape index (κ2) is 9.27. The minimum atomic E-state index is -0.302. The van der Waals surface area contributed by atoms with E-state index in [1.807, 2.05) is 6.07 Å². The van der Waals surface area contributed by atoms with Crippen molar-refractivity contribution in [2.75, 3.05) is 20.2 Å². The summed E-state index contributed by atoms with van der Waals surface area (Å²) in [6, 6.07) is 15.0. The van der Waals surface area contributed by atoms with E-state index in [4.69, 9.17) is 4.74 Å². The van der Waals surface area contributed by atoms with Crippen molar-refractivity contribution in [1.29, 1.82) is 0 Å². The van der Waals surface area contributed by atoms with E-state index in [-0.39, 0.29) is 29.4 Å². The van der Waals surface area contributed by atoms with Gasteiger partial charge in [0.1, 0.15) is 11.6 Å². The first-order chi connectivity index (χ1) is 13.6. The third-order valence-electron chi connectivity index (χ3n) is 6.54. The third-order valence-corrected chi connectivity index (χ3v) is 6.54. The lowest BCUT2D eigenvalue weighted by Crippen LogP contribution is -2.31. The summed E-state index contributed by atoms with van der Waals surface area (Å²) in [5, 5.41) is 0. The number of hydrogen-bond donors (Lipinski definition) is 0. The number of nitrogens with zero attached hydrogens (tertiary/aromatic N) is 1. The monoisotopic (exact) mass is 417 g/mol. The van der Waals surface area contributed by atoms with E-state index in [1.54, 1.807) is 19.2 Å². The van der Waals surface area contributed by atoms with E-state index >= 15 is 0 Å². The van der Waals surface area contributed by atoms with Crippen molar-refractivity contribution in [3.8, 4) is 5.75 Å². The molecule has 2 aromatic rings. The predicted molar refractivity (Wildman–Crippen MR) is 116 cm³/mol. The molecule has 2 bridgehead atoms. The Labute approximate surface area is 178 Å². The number of methoxy groups -OCH3 is 1. The molecule has 2 aromatic carbocycles. The normalized spacial score (nSPS) is 23.4. The minimum absolute atomic E-state index is 0. The molecule has 0 spiro atoms. The van der Waals surface area contributed by atoms with E-state index in [2.05, 4.69) is 23.1 Å². The van der Waals surface area contributed by atoms with Gasteiger partial charge in [-0.2, -0.15) is 0 Å². The zero-order valence-electron chi connectivity index (χ0n) is 16.9. The molecular weight excluding hydrogens is 389 g/mol. The number of carbonyl (C=O) groups is 1. The van der Waals surface area contributed by atoms with Gasteiger partial charge in [0.25, 0.3) is 0 Å². The number of likely N-dealkylation sites (tertiary alicyclic amines) is 1. The Morgan fingerprint density at radius 2 is 2.03 bits per heavy atom. The highest BCUT2D eigenvalue weighted by atomic mass is 35.5. The Morgan fingerprint density at radius 3 is 2.79 bits per heavy atom. The van der Waals surface area contributed by atoms with E-state index in [0.717, 1.165) is 25.3 Å². The molecule has 1 aliphatic carbocycles. The highest BCUT2D eigenvalue weighted by molar-refractivity contribution is 5.95. The van der Waals surface area contributed by atoms with E-state index in [0.29, 0.717) is 18.0 Å². The highest BCUT2D eigenvalue weighted by Crippen LogP contribution is 2.47. The average molecular weight is 418 g/mol. The summed E-state index contributed by atoms with van der Waals surface area (Å²) < 4.78 is 18.5. The van der Waals surface area contributed by atoms with E-state index in [1.165, 1.54) is 43.4 Å². The fourth-order valence-corrected chi connectivity index (χ4v) is 5.10. The molecule has 3 nitrogen and oxygen atoms in total. The standard InChI is InChI=1S/C24H28FNO2.ClH/c1-28-22-7-2-5-19(15-22)24-13-3-6-21(16-24)26(17-24)14-4-8-23(27)18-9-11-20(25)12-10-18;/h2,5,7,9-12,15,21H,3-4,6,8,13-14,16-17H2,1H3;1H. The first-order valence-corrected chi connectivity index (χ1v) is 10.3. The maximum absolute atomic E-state index is 13.0. The van der Waals surface area contributed by atoms with Gasteiger partial charge in [0.05, 0.1) is 7.11 Å². The molecule has 2 fully saturated rings. The van der Waals surface area contributed by atoms with Crippen LogP contribution < -0.4 is 4.74 Å². The van der Waals surface area contributed by atoms with Crippen molar-refractivity contribution in [2.45, 2.75) is 50.0 Å². The molecule has 0 radical (unpaired) electrons. The van der Waals surface area contributed by atoms with Crippen LogP contribution in [0.5, 0.6) is 5.75 Å². The minimum Gasteiger partial charge on any atom is -0.497 e. The number of hydrogen-bond acceptors (Lipinski definition) is 3. The van der Waals surface area contributed by atoms with Gasteiger partial charge in [-0.3, -0.25) is 9.69 Å². The first-order valence-electron chi connectivity index (χ1n) is 10.3. The van der Waals surface area contributed by atoms with Crippen molar-refractivity contribution in [3.05, 3.63) is 65.5 Å². The molecule has 1 saturated carbocycles. The van der Waals surface area contributed by atoms with Crippen LogP contribution in [0.4, 0.5) is 4.39 Å². The molecule has 156 valence electrons. The molecule has 5 heteroatoms. The van der Waals surface area contributed by atoms with Gasteiger partial charge in [-0.25, -0.2) is 4.39 Å². The van der Waals surface area contributed by atoms with Crippen molar-refractivity contribution in [1.82, 2.24) is 4.90 Å². The third kappa shape index (κ3) is 4.65. The van der Waals surface area contributed by atoms with Crippen molar-refractivity contribution in [3.63, 3.8) is 0 Å². The SMILES string of the molecule is COc1cccc(C23CCCC(C2)N(CCCC(=O)c2ccc(F)cc2)C3)c1.Cl. The van der Waals surface area contributed by atoms with Gasteiger partial charge in [0.15, 0.2) is 5.78 Å². The molecule has 1 heterocycles. The number of fused-ring (bicyclic) bond motifs is 2. The number of Topliss-reactive ketones (excluding diaryl/α,β-unsaturated/α-hetero) is 1. The summed E-state index contributed by atoms with van der Waals surface area (Å²) in [4.78, 5) is 14.9. The van der Waals surface area contributed by atoms with Gasteiger partial charge in [-0.15, -0.1) is 12.4 Å². The second-order valence-corrected chi connectivity index (χ2v) is 8.27. The molecule has 2 unspecified atom stereocenters. The number of halogens is 2. The Balaban J connectivity index is 0.00000240. The Kier molecular flexibility index (Phi) is 6.97. The summed E-state index contributed by atoms with van der Waals surface area (Å²) in [5.41, 5.74) is 2.22. The summed E-state index contributed by atoms with van der Waals surface area (Å²) in [5.74, 6) is 0.728. The number of ketones is 1. The van der Waals surface area contributed by atoms with Crippen LogP contribution in [0.3, 0.4) is 0 Å². The van der Waals surface area contributed by atoms with Gasteiger partial charge in [-0.05, 0) is 74.2 Å². The summed E-state index contributed by atoms with van der Waals surface area (Å²) in [7, 11) is 1.72. The van der Waals surface area contributed by atoms with Crippen LogP contribution in [0.25, 0.3) is 0 Å². The van der Waals surface area contributed by atoms with Gasteiger partial charge < -0.3 is 4.74 Å². The quantitative estimate of drug-likeness (QED) is 0.563. The second-order valence-electron chi connectivity index (χ2n) is 8.27. The van der Waals surface area contributed by atoms with E-state index in [9.17, 15) is 9.18 Å². The molecule has 0 amide bonds. The van der Waals surface area contributed by atoms with Crippen molar-refractivity contribution >= 4 is 18.2 Å². The zero-order chi connectivity index (χ0) is 19.6. The summed E-state index contributed by atoms with van der Waals surface area (Å²) in [6.07, 6.45) is 6.29. The van der Waals surface area contributed by atoms with Crippen LogP contribution in [0.1, 0.15) is 54.4 Å². The average Bonchev–Trinajstić information content (AvgIpc) is 2.98. The Bertz CT molecular complexity index is 841. The van der Waals surface area contributed by atoms with Crippen LogP contribution in [0.15, 0.2) is 48.5 Å². The predicted octanol–water partition coefficient (Wildman–Crippen LogP) is 5.42. The zero-order valence-corrected chi connectivity index (χ0v) is 17.7. The maximum Gasteiger partial charge on any atom is 0.162 e. The lowest BCUT2D eigenvalue weighted by Gasteiger charge is -2.32. The molecule has 1 saturated heterocycles. The maximum atomic E-state index is 13.0. The molecule has 4 rings (SSSR count). The lowest BCUT2D eigenvalue weighted by molar-refractivity contribution is 0.0973. The van der Waals surface area contributed by atoms with Gasteiger partial charge in [0, 0.05) is 30.0 Å². The number of benzene rings is 2. The molecular formula is C24H29ClFNO2. The number of ether oxygens (including phenoxy) is 1. The Morgan fingerprint density at radius 1 is 1.24 bits per heavy atom. The molecule has 0 N–H and O–H groups in total. The van der Waals surface area contributed by atoms with Gasteiger partial charge >= 0.3 is 0 Å². The van der Waals surface area contributed by atoms with Crippen LogP contribution in [0, 0.1) is 5.82 Å². The fourth-order valence-electron chi connectivity index (χ4n) is 5.10. The smallest absolute Gasteiger partial charge is 0.162 e. The van der Waals surface area contributed by atoms with Gasteiger partial charge in [0.2, 0.25) is 0 Å². The first kappa shape index (κ1) is 21.8. The number of carbonyl (C=O) groups excluding carboxylic acids is 1. The number of rotatable bonds is 7. The lowest BCUT2D eigenvalue weighted by atomic mass is 9.71. The van der Waals surface area contributed by atoms with Crippen LogP contribution >= 0.6 is 12.4 Å². The highest BCUT2D eigenvalue weighted by Gasteiger charge is 2.47. The van der Waals surface area contributed by atoms with Gasteiger partial charge in [-0.1, -0.05) is 18.6 Å². The van der Waals surface area contributed by atoms with Crippen molar-refractivity contribution < 1.29 is 13.9 Å². The molecule has 1 aliphatic heterocycles.